The number of aromatic hydroxyl groups is 1. The summed E-state index contributed by atoms with van der Waals surface area (Å²) in [6, 6.07) is 14.8. The Bertz CT molecular complexity index is 1290. The van der Waals surface area contributed by atoms with Gasteiger partial charge in [-0.05, 0) is 54.6 Å². The van der Waals surface area contributed by atoms with E-state index in [0.717, 1.165) is 49.8 Å². The first-order valence-corrected chi connectivity index (χ1v) is 12.0. The van der Waals surface area contributed by atoms with Crippen LogP contribution in [0.4, 0.5) is 11.5 Å². The molecule has 3 aromatic rings. The normalized spacial score (nSPS) is 18.6. The molecule has 5 rings (SSSR count). The van der Waals surface area contributed by atoms with Crippen LogP contribution in [0.2, 0.25) is 5.02 Å². The molecule has 2 saturated heterocycles. The smallest absolute Gasteiger partial charge is 0.186 e. The molecule has 0 saturated carbocycles. The van der Waals surface area contributed by atoms with E-state index in [2.05, 4.69) is 21.3 Å². The summed E-state index contributed by atoms with van der Waals surface area (Å²) in [5.41, 5.74) is 3.72. The maximum Gasteiger partial charge on any atom is 0.186 e. The number of nitrogens with zero attached hydrogens (tertiary/aromatic N) is 5. The van der Waals surface area contributed by atoms with Gasteiger partial charge in [-0.15, -0.1) is 0 Å². The minimum atomic E-state index is -0.739. The van der Waals surface area contributed by atoms with E-state index in [0.29, 0.717) is 33.8 Å². The molecule has 1 atom stereocenters. The molecule has 2 aromatic carbocycles. The van der Waals surface area contributed by atoms with Gasteiger partial charge in [0.1, 0.15) is 11.6 Å². The zero-order valence-electron chi connectivity index (χ0n) is 19.4. The van der Waals surface area contributed by atoms with Crippen molar-refractivity contribution in [3.05, 3.63) is 59.2 Å². The molecule has 2 aliphatic rings. The number of aliphatic hydroxyl groups excluding tert-OH is 1. The van der Waals surface area contributed by atoms with E-state index in [1.807, 2.05) is 41.1 Å². The molecule has 3 N–H and O–H groups in total. The van der Waals surface area contributed by atoms with Crippen LogP contribution in [0, 0.1) is 11.3 Å². The van der Waals surface area contributed by atoms with Crippen LogP contribution in [0.5, 0.6) is 5.75 Å². The van der Waals surface area contributed by atoms with Crippen molar-refractivity contribution in [2.45, 2.75) is 6.35 Å². The molecule has 8 nitrogen and oxygen atoms in total. The fourth-order valence-electron chi connectivity index (χ4n) is 4.68. The summed E-state index contributed by atoms with van der Waals surface area (Å²) < 4.78 is 0. The number of anilines is 2. The van der Waals surface area contributed by atoms with E-state index in [9.17, 15) is 15.5 Å². The van der Waals surface area contributed by atoms with Crippen molar-refractivity contribution in [3.8, 4) is 34.1 Å². The van der Waals surface area contributed by atoms with Gasteiger partial charge in [0, 0.05) is 56.6 Å². The topological polar surface area (TPSA) is 98.9 Å². The van der Waals surface area contributed by atoms with E-state index >= 15 is 0 Å². The summed E-state index contributed by atoms with van der Waals surface area (Å²) in [7, 11) is 1.85. The Hall–Kier alpha value is -3.35. The number of nitriles is 1. The fourth-order valence-corrected chi connectivity index (χ4v) is 4.97. The van der Waals surface area contributed by atoms with E-state index < -0.39 is 6.35 Å². The van der Waals surface area contributed by atoms with Crippen LogP contribution in [0.1, 0.15) is 5.56 Å². The predicted molar refractivity (Wildman–Crippen MR) is 138 cm³/mol. The summed E-state index contributed by atoms with van der Waals surface area (Å²) in [5, 5.41) is 35.2. The number of nitrogens with one attached hydrogen (secondary N) is 1. The molecule has 3 heterocycles. The van der Waals surface area contributed by atoms with Crippen LogP contribution in [0.3, 0.4) is 0 Å². The van der Waals surface area contributed by atoms with Gasteiger partial charge in [0.15, 0.2) is 6.35 Å². The molecule has 0 amide bonds. The first kappa shape index (κ1) is 23.4. The lowest BCUT2D eigenvalue weighted by Crippen LogP contribution is -2.43. The number of hydrogen-bond acceptors (Lipinski definition) is 8. The maximum atomic E-state index is 11.3. The summed E-state index contributed by atoms with van der Waals surface area (Å²) >= 11 is 6.63. The van der Waals surface area contributed by atoms with E-state index in [4.69, 9.17) is 11.6 Å². The number of piperazine rings is 1. The Morgan fingerprint density at radius 2 is 1.74 bits per heavy atom. The molecule has 1 aromatic heterocycles. The highest BCUT2D eigenvalue weighted by molar-refractivity contribution is 6.33. The van der Waals surface area contributed by atoms with Crippen LogP contribution in [-0.2, 0) is 0 Å². The van der Waals surface area contributed by atoms with Crippen molar-refractivity contribution < 1.29 is 10.2 Å². The Labute approximate surface area is 209 Å². The van der Waals surface area contributed by atoms with E-state index in [1.54, 1.807) is 24.4 Å². The van der Waals surface area contributed by atoms with Crippen molar-refractivity contribution in [2.24, 2.45) is 0 Å². The highest BCUT2D eigenvalue weighted by Crippen LogP contribution is 2.42. The Kier molecular flexibility index (Phi) is 6.50. The number of aliphatic hydroxyl groups is 1. The van der Waals surface area contributed by atoms with Gasteiger partial charge in [-0.1, -0.05) is 17.7 Å². The highest BCUT2D eigenvalue weighted by atomic mass is 35.5. The van der Waals surface area contributed by atoms with Gasteiger partial charge in [0.25, 0.3) is 0 Å². The molecular formula is C26H27ClN6O2. The van der Waals surface area contributed by atoms with Crippen LogP contribution in [-0.4, -0.2) is 72.8 Å². The van der Waals surface area contributed by atoms with Crippen molar-refractivity contribution in [2.75, 3.05) is 56.1 Å². The number of likely N-dealkylation sites (N-methyl/N-ethyl adjacent to an activating group) is 1. The molecule has 0 spiro atoms. The molecule has 180 valence electrons. The van der Waals surface area contributed by atoms with Crippen molar-refractivity contribution in [3.63, 3.8) is 0 Å². The number of benzene rings is 2. The second kappa shape index (κ2) is 9.72. The zero-order valence-corrected chi connectivity index (χ0v) is 20.2. The summed E-state index contributed by atoms with van der Waals surface area (Å²) in [6.07, 6.45) is 0.992. The third kappa shape index (κ3) is 4.51. The number of rotatable bonds is 4. The molecule has 2 aliphatic heterocycles. The largest absolute Gasteiger partial charge is 0.507 e. The minimum absolute atomic E-state index is 0.0752. The lowest BCUT2D eigenvalue weighted by Gasteiger charge is -2.28. The Balaban J connectivity index is 1.53. The quantitative estimate of drug-likeness (QED) is 0.513. The molecule has 0 radical (unpaired) electrons. The van der Waals surface area contributed by atoms with Crippen LogP contribution < -0.4 is 15.1 Å². The summed E-state index contributed by atoms with van der Waals surface area (Å²) in [5.74, 6) is 0.917. The standard InChI is InChI=1S/C26H27ClN6O2/c1-31-10-11-33(26(31)35)23-3-2-18(14-22(23)27)20-12-17(16-28)13-21(25(20)34)19-4-5-30-24(15-19)32-8-6-29-7-9-32/h2-5,12-15,26,29,34-35H,6-11H2,1H3. The van der Waals surface area contributed by atoms with Crippen LogP contribution in [0.15, 0.2) is 48.7 Å². The van der Waals surface area contributed by atoms with E-state index in [-0.39, 0.29) is 5.75 Å². The second-order valence-electron chi connectivity index (χ2n) is 8.86. The lowest BCUT2D eigenvalue weighted by molar-refractivity contribution is 0.0590. The Morgan fingerprint density at radius 3 is 2.37 bits per heavy atom. The summed E-state index contributed by atoms with van der Waals surface area (Å²) in [6.45, 7) is 4.90. The number of halogens is 1. The molecule has 0 bridgehead atoms. The first-order valence-electron chi connectivity index (χ1n) is 11.6. The summed E-state index contributed by atoms with van der Waals surface area (Å²) in [4.78, 5) is 10.4. The maximum absolute atomic E-state index is 11.3. The zero-order chi connectivity index (χ0) is 24.5. The van der Waals surface area contributed by atoms with Gasteiger partial charge < -0.3 is 25.3 Å². The molecule has 35 heavy (non-hydrogen) atoms. The fraction of sp³-hybridized carbons (Fsp3) is 0.308. The van der Waals surface area contributed by atoms with Crippen LogP contribution in [0.25, 0.3) is 22.3 Å². The second-order valence-corrected chi connectivity index (χ2v) is 9.27. The highest BCUT2D eigenvalue weighted by Gasteiger charge is 2.29. The molecular weight excluding hydrogens is 464 g/mol. The van der Waals surface area contributed by atoms with Gasteiger partial charge in [-0.25, -0.2) is 4.98 Å². The molecule has 9 heteroatoms. The third-order valence-electron chi connectivity index (χ3n) is 6.67. The van der Waals surface area contributed by atoms with Gasteiger partial charge >= 0.3 is 0 Å². The third-order valence-corrected chi connectivity index (χ3v) is 6.97. The van der Waals surface area contributed by atoms with Gasteiger partial charge in [0.05, 0.1) is 22.3 Å². The Morgan fingerprint density at radius 1 is 1.03 bits per heavy atom. The van der Waals surface area contributed by atoms with Gasteiger partial charge in [-0.2, -0.15) is 5.26 Å². The van der Waals surface area contributed by atoms with Crippen molar-refractivity contribution >= 4 is 23.1 Å². The number of phenols is 1. The number of phenolic OH excluding ortho intramolecular Hbond substituents is 1. The van der Waals surface area contributed by atoms with E-state index in [1.165, 1.54) is 0 Å². The number of aromatic nitrogens is 1. The predicted octanol–water partition coefficient (Wildman–Crippen LogP) is 3.08. The first-order chi connectivity index (χ1) is 17.0. The lowest BCUT2D eigenvalue weighted by atomic mass is 9.95. The molecule has 2 fully saturated rings. The monoisotopic (exact) mass is 490 g/mol. The SMILES string of the molecule is CN1CCN(c2ccc(-c3cc(C#N)cc(-c4ccnc(N5CCNCC5)c4)c3O)cc2Cl)C1O. The van der Waals surface area contributed by atoms with Crippen molar-refractivity contribution in [1.29, 1.82) is 5.26 Å². The van der Waals surface area contributed by atoms with Gasteiger partial charge in [0.2, 0.25) is 0 Å². The average Bonchev–Trinajstić information content (AvgIpc) is 3.22. The van der Waals surface area contributed by atoms with Gasteiger partial charge in [-0.3, -0.25) is 4.90 Å². The average molecular weight is 491 g/mol. The number of hydrogen-bond donors (Lipinski definition) is 3. The molecule has 0 aliphatic carbocycles. The van der Waals surface area contributed by atoms with Crippen LogP contribution >= 0.6 is 11.6 Å². The molecule has 1 unspecified atom stereocenters. The van der Waals surface area contributed by atoms with Crippen molar-refractivity contribution in [1.82, 2.24) is 15.2 Å². The number of pyridine rings is 1. The minimum Gasteiger partial charge on any atom is -0.507 e.